The minimum Gasteiger partial charge on any atom is -0.478 e. The standard InChI is InChI=1S/C23H23F2N5O2S/c1-15-22(19(33-30-15)12-18-11-16(13-26)8-9-27-18)23(31)29-17-6-7-21(28-14-17)32-10-4-2-3-5-20(24)25/h6-9,11,14,20H,2-5,10,12H2,1H3,(H,29,31). The number of nitriles is 1. The summed E-state index contributed by atoms with van der Waals surface area (Å²) in [6, 6.07) is 8.73. The number of alkyl halides is 2. The molecule has 0 aromatic carbocycles. The molecular weight excluding hydrogens is 448 g/mol. The maximum absolute atomic E-state index is 12.9. The van der Waals surface area contributed by atoms with Gasteiger partial charge in [-0.25, -0.2) is 13.8 Å². The Morgan fingerprint density at radius 2 is 2.09 bits per heavy atom. The number of pyridine rings is 2. The summed E-state index contributed by atoms with van der Waals surface area (Å²) < 4.78 is 34.0. The summed E-state index contributed by atoms with van der Waals surface area (Å²) >= 11 is 1.23. The van der Waals surface area contributed by atoms with Gasteiger partial charge in [-0.1, -0.05) is 0 Å². The molecule has 0 aliphatic carbocycles. The lowest BCUT2D eigenvalue weighted by Gasteiger charge is -2.08. The number of anilines is 1. The van der Waals surface area contributed by atoms with Crippen LogP contribution in [0.5, 0.6) is 5.88 Å². The normalized spacial score (nSPS) is 10.8. The Balaban J connectivity index is 1.56. The molecule has 0 spiro atoms. The van der Waals surface area contributed by atoms with Crippen LogP contribution in [0.25, 0.3) is 0 Å². The zero-order valence-corrected chi connectivity index (χ0v) is 18.9. The minimum absolute atomic E-state index is 0.0871. The summed E-state index contributed by atoms with van der Waals surface area (Å²) in [6.45, 7) is 2.16. The third-order valence-electron chi connectivity index (χ3n) is 4.76. The van der Waals surface area contributed by atoms with E-state index in [0.717, 1.165) is 4.88 Å². The van der Waals surface area contributed by atoms with Crippen molar-refractivity contribution in [3.8, 4) is 11.9 Å². The van der Waals surface area contributed by atoms with Gasteiger partial charge in [0.2, 0.25) is 12.3 Å². The molecule has 0 aliphatic heterocycles. The number of nitrogens with one attached hydrogen (secondary N) is 1. The van der Waals surface area contributed by atoms with Crippen molar-refractivity contribution < 1.29 is 18.3 Å². The lowest BCUT2D eigenvalue weighted by Crippen LogP contribution is -2.14. The number of aromatic nitrogens is 3. The molecular formula is C23H23F2N5O2S. The number of ether oxygens (including phenoxy) is 1. The van der Waals surface area contributed by atoms with E-state index in [9.17, 15) is 13.6 Å². The highest BCUT2D eigenvalue weighted by molar-refractivity contribution is 7.06. The fourth-order valence-electron chi connectivity index (χ4n) is 3.12. The molecule has 0 saturated carbocycles. The Labute approximate surface area is 194 Å². The van der Waals surface area contributed by atoms with Crippen LogP contribution in [0.4, 0.5) is 14.5 Å². The van der Waals surface area contributed by atoms with Crippen molar-refractivity contribution in [3.63, 3.8) is 0 Å². The SMILES string of the molecule is Cc1nsc(Cc2cc(C#N)ccn2)c1C(=O)Nc1ccc(OCCCCCC(F)F)nc1. The second kappa shape index (κ2) is 12.0. The van der Waals surface area contributed by atoms with Crippen LogP contribution in [-0.2, 0) is 6.42 Å². The number of hydrogen-bond donors (Lipinski definition) is 1. The highest BCUT2D eigenvalue weighted by Crippen LogP contribution is 2.23. The summed E-state index contributed by atoms with van der Waals surface area (Å²) in [4.78, 5) is 22.1. The summed E-state index contributed by atoms with van der Waals surface area (Å²) in [7, 11) is 0. The number of unbranched alkanes of at least 4 members (excludes halogenated alkanes) is 2. The van der Waals surface area contributed by atoms with Gasteiger partial charge >= 0.3 is 0 Å². The van der Waals surface area contributed by atoms with E-state index in [1.54, 1.807) is 37.4 Å². The van der Waals surface area contributed by atoms with Gasteiger partial charge in [-0.05, 0) is 55.9 Å². The van der Waals surface area contributed by atoms with Gasteiger partial charge in [-0.3, -0.25) is 9.78 Å². The van der Waals surface area contributed by atoms with E-state index in [4.69, 9.17) is 10.00 Å². The molecule has 1 amide bonds. The maximum atomic E-state index is 12.9. The van der Waals surface area contributed by atoms with Crippen molar-refractivity contribution in [1.29, 1.82) is 5.26 Å². The maximum Gasteiger partial charge on any atom is 0.258 e. The molecule has 0 atom stereocenters. The summed E-state index contributed by atoms with van der Waals surface area (Å²) in [5.74, 6) is 0.0987. The number of rotatable bonds is 11. The van der Waals surface area contributed by atoms with E-state index < -0.39 is 6.43 Å². The zero-order valence-electron chi connectivity index (χ0n) is 18.1. The Bertz CT molecular complexity index is 1110. The summed E-state index contributed by atoms with van der Waals surface area (Å²) in [5.41, 5.74) is 2.79. The number of hydrogen-bond acceptors (Lipinski definition) is 7. The van der Waals surface area contributed by atoms with E-state index in [2.05, 4.69) is 25.7 Å². The molecule has 0 radical (unpaired) electrons. The molecule has 0 bridgehead atoms. The predicted molar refractivity (Wildman–Crippen MR) is 121 cm³/mol. The Hall–Kier alpha value is -3.45. The molecule has 0 fully saturated rings. The molecule has 0 unspecified atom stereocenters. The van der Waals surface area contributed by atoms with Crippen molar-refractivity contribution in [2.45, 2.75) is 45.5 Å². The van der Waals surface area contributed by atoms with Crippen LogP contribution in [0.2, 0.25) is 0 Å². The largest absolute Gasteiger partial charge is 0.478 e. The fraction of sp³-hybridized carbons (Fsp3) is 0.348. The smallest absolute Gasteiger partial charge is 0.258 e. The lowest BCUT2D eigenvalue weighted by atomic mass is 10.1. The molecule has 7 nitrogen and oxygen atoms in total. The first-order chi connectivity index (χ1) is 16.0. The predicted octanol–water partition coefficient (Wildman–Crippen LogP) is 5.16. The molecule has 0 saturated heterocycles. The highest BCUT2D eigenvalue weighted by Gasteiger charge is 2.19. The van der Waals surface area contributed by atoms with Crippen molar-refractivity contribution in [1.82, 2.24) is 14.3 Å². The summed E-state index contributed by atoms with van der Waals surface area (Å²) in [5, 5.41) is 11.9. The molecule has 0 aliphatic rings. The van der Waals surface area contributed by atoms with E-state index in [-0.39, 0.29) is 12.3 Å². The number of carbonyl (C=O) groups excluding carboxylic acids is 1. The van der Waals surface area contributed by atoms with Crippen LogP contribution in [0.1, 0.15) is 57.9 Å². The van der Waals surface area contributed by atoms with Gasteiger partial charge in [0.25, 0.3) is 5.91 Å². The van der Waals surface area contributed by atoms with Gasteiger partial charge < -0.3 is 10.1 Å². The van der Waals surface area contributed by atoms with E-state index in [0.29, 0.717) is 66.4 Å². The van der Waals surface area contributed by atoms with Gasteiger partial charge in [0.1, 0.15) is 0 Å². The topological polar surface area (TPSA) is 101 Å². The van der Waals surface area contributed by atoms with Gasteiger partial charge in [-0.2, -0.15) is 9.64 Å². The number of amides is 1. The molecule has 3 rings (SSSR count). The molecule has 10 heteroatoms. The average molecular weight is 472 g/mol. The van der Waals surface area contributed by atoms with Crippen molar-refractivity contribution in [3.05, 3.63) is 64.1 Å². The van der Waals surface area contributed by atoms with Gasteiger partial charge in [-0.15, -0.1) is 0 Å². The number of aryl methyl sites for hydroxylation is 1. The van der Waals surface area contributed by atoms with Crippen LogP contribution >= 0.6 is 11.5 Å². The van der Waals surface area contributed by atoms with Crippen molar-refractivity contribution in [2.24, 2.45) is 0 Å². The van der Waals surface area contributed by atoms with Crippen molar-refractivity contribution >= 4 is 23.1 Å². The Kier molecular flexibility index (Phi) is 8.78. The van der Waals surface area contributed by atoms with Crippen LogP contribution in [0.15, 0.2) is 36.7 Å². The van der Waals surface area contributed by atoms with Crippen LogP contribution in [0, 0.1) is 18.3 Å². The van der Waals surface area contributed by atoms with Crippen LogP contribution in [-0.4, -0.2) is 33.3 Å². The Morgan fingerprint density at radius 1 is 1.24 bits per heavy atom. The van der Waals surface area contributed by atoms with Gasteiger partial charge in [0.15, 0.2) is 0 Å². The van der Waals surface area contributed by atoms with Crippen LogP contribution in [0.3, 0.4) is 0 Å². The van der Waals surface area contributed by atoms with E-state index in [1.165, 1.54) is 17.7 Å². The van der Waals surface area contributed by atoms with Gasteiger partial charge in [0, 0.05) is 35.7 Å². The molecule has 3 heterocycles. The molecule has 1 N–H and O–H groups in total. The first-order valence-electron chi connectivity index (χ1n) is 10.4. The zero-order chi connectivity index (χ0) is 23.6. The first-order valence-corrected chi connectivity index (χ1v) is 11.2. The molecule has 172 valence electrons. The third kappa shape index (κ3) is 7.29. The first kappa shape index (κ1) is 24.2. The minimum atomic E-state index is -2.26. The van der Waals surface area contributed by atoms with E-state index >= 15 is 0 Å². The Morgan fingerprint density at radius 3 is 2.82 bits per heavy atom. The second-order valence-electron chi connectivity index (χ2n) is 7.32. The molecule has 3 aromatic rings. The second-order valence-corrected chi connectivity index (χ2v) is 8.18. The van der Waals surface area contributed by atoms with Gasteiger partial charge in [0.05, 0.1) is 41.4 Å². The summed E-state index contributed by atoms with van der Waals surface area (Å²) in [6.07, 6.45) is 2.93. The molecule has 3 aromatic heterocycles. The quantitative estimate of drug-likeness (QED) is 0.388. The van der Waals surface area contributed by atoms with E-state index in [1.807, 2.05) is 0 Å². The number of carbonyl (C=O) groups is 1. The number of nitrogens with zero attached hydrogens (tertiary/aromatic N) is 4. The number of halogens is 2. The highest BCUT2D eigenvalue weighted by atomic mass is 32.1. The average Bonchev–Trinajstić information content (AvgIpc) is 3.17. The monoisotopic (exact) mass is 471 g/mol. The lowest BCUT2D eigenvalue weighted by molar-refractivity contribution is 0.102. The van der Waals surface area contributed by atoms with Crippen LogP contribution < -0.4 is 10.1 Å². The molecule has 33 heavy (non-hydrogen) atoms. The fourth-order valence-corrected chi connectivity index (χ4v) is 4.01. The van der Waals surface area contributed by atoms with Crippen molar-refractivity contribution in [2.75, 3.05) is 11.9 Å². The third-order valence-corrected chi connectivity index (χ3v) is 5.69.